The zero-order valence-electron chi connectivity index (χ0n) is 10.9. The number of rotatable bonds is 5. The molecule has 1 aromatic rings. The van der Waals surface area contributed by atoms with Crippen molar-refractivity contribution in [3.05, 3.63) is 11.9 Å². The van der Waals surface area contributed by atoms with Gasteiger partial charge in [-0.05, 0) is 51.9 Å². The van der Waals surface area contributed by atoms with Crippen molar-refractivity contribution in [3.8, 4) is 0 Å². The Kier molecular flexibility index (Phi) is 4.50. The summed E-state index contributed by atoms with van der Waals surface area (Å²) in [4.78, 5) is 2.49. The summed E-state index contributed by atoms with van der Waals surface area (Å²) in [6.45, 7) is 4.50. The zero-order valence-corrected chi connectivity index (χ0v) is 10.9. The van der Waals surface area contributed by atoms with Gasteiger partial charge in [-0.2, -0.15) is 0 Å². The smallest absolute Gasteiger partial charge is 0.0966 e. The first-order chi connectivity index (χ1) is 8.28. The van der Waals surface area contributed by atoms with Gasteiger partial charge in [-0.3, -0.25) is 9.58 Å². The summed E-state index contributed by atoms with van der Waals surface area (Å²) >= 11 is 0. The number of hydrogen-bond acceptors (Lipinski definition) is 4. The number of nitrogens with zero attached hydrogens (tertiary/aromatic N) is 4. The molecule has 0 spiro atoms. The first-order valence-electron chi connectivity index (χ1n) is 6.50. The largest absolute Gasteiger partial charge is 0.320 e. The summed E-state index contributed by atoms with van der Waals surface area (Å²) < 4.78 is 1.77. The maximum Gasteiger partial charge on any atom is 0.0966 e. The fourth-order valence-electron chi connectivity index (χ4n) is 2.48. The molecule has 1 N–H and O–H groups in total. The Morgan fingerprint density at radius 3 is 2.76 bits per heavy atom. The van der Waals surface area contributed by atoms with E-state index in [-0.39, 0.29) is 0 Å². The van der Waals surface area contributed by atoms with E-state index in [4.69, 9.17) is 0 Å². The molecule has 0 saturated carbocycles. The van der Waals surface area contributed by atoms with Crippen LogP contribution in [0.15, 0.2) is 6.20 Å². The van der Waals surface area contributed by atoms with E-state index in [1.807, 2.05) is 20.3 Å². The molecule has 1 saturated heterocycles. The molecule has 2 rings (SSSR count). The molecule has 1 aliphatic rings. The van der Waals surface area contributed by atoms with Crippen molar-refractivity contribution < 1.29 is 0 Å². The molecule has 5 nitrogen and oxygen atoms in total. The predicted octanol–water partition coefficient (Wildman–Crippen LogP) is 0.637. The van der Waals surface area contributed by atoms with Crippen LogP contribution in [0.3, 0.4) is 0 Å². The SMILES string of the molecule is CNCCC1CCN(Cc2cn(C)nn2)CC1. The van der Waals surface area contributed by atoms with Crippen LogP contribution in [0.4, 0.5) is 0 Å². The first-order valence-corrected chi connectivity index (χ1v) is 6.50. The summed E-state index contributed by atoms with van der Waals surface area (Å²) in [6.07, 6.45) is 5.96. The standard InChI is InChI=1S/C12H23N5/c1-13-6-3-11-4-7-17(8-5-11)10-12-9-16(2)15-14-12/h9,11,13H,3-8,10H2,1-2H3. The molecule has 5 heteroatoms. The third-order valence-electron chi connectivity index (χ3n) is 3.55. The summed E-state index contributed by atoms with van der Waals surface area (Å²) in [7, 11) is 3.95. The van der Waals surface area contributed by atoms with Gasteiger partial charge < -0.3 is 5.32 Å². The lowest BCUT2D eigenvalue weighted by Gasteiger charge is -2.31. The van der Waals surface area contributed by atoms with Crippen LogP contribution < -0.4 is 5.32 Å². The highest BCUT2D eigenvalue weighted by Gasteiger charge is 2.19. The number of hydrogen-bond donors (Lipinski definition) is 1. The molecular formula is C12H23N5. The van der Waals surface area contributed by atoms with E-state index in [0.717, 1.165) is 24.7 Å². The van der Waals surface area contributed by atoms with Crippen molar-refractivity contribution in [2.75, 3.05) is 26.7 Å². The maximum atomic E-state index is 4.14. The van der Waals surface area contributed by atoms with Gasteiger partial charge in [-0.25, -0.2) is 0 Å². The van der Waals surface area contributed by atoms with Gasteiger partial charge in [-0.15, -0.1) is 5.10 Å². The molecule has 2 heterocycles. The van der Waals surface area contributed by atoms with Crippen LogP contribution in [0.5, 0.6) is 0 Å². The molecule has 0 aliphatic carbocycles. The van der Waals surface area contributed by atoms with Crippen LogP contribution >= 0.6 is 0 Å². The van der Waals surface area contributed by atoms with Crippen molar-refractivity contribution in [3.63, 3.8) is 0 Å². The molecule has 17 heavy (non-hydrogen) atoms. The lowest BCUT2D eigenvalue weighted by molar-refractivity contribution is 0.170. The third kappa shape index (κ3) is 3.78. The Morgan fingerprint density at radius 1 is 1.41 bits per heavy atom. The van der Waals surface area contributed by atoms with Gasteiger partial charge in [0, 0.05) is 19.8 Å². The molecule has 0 radical (unpaired) electrons. The molecule has 0 aromatic carbocycles. The monoisotopic (exact) mass is 237 g/mol. The summed E-state index contributed by atoms with van der Waals surface area (Å²) in [5, 5.41) is 11.3. The molecule has 1 fully saturated rings. The van der Waals surface area contributed by atoms with Crippen molar-refractivity contribution in [1.82, 2.24) is 25.2 Å². The molecule has 0 amide bonds. The van der Waals surface area contributed by atoms with Gasteiger partial charge in [0.25, 0.3) is 0 Å². The Hall–Kier alpha value is -0.940. The summed E-state index contributed by atoms with van der Waals surface area (Å²) in [5.41, 5.74) is 1.08. The van der Waals surface area contributed by atoms with Crippen LogP contribution in [-0.2, 0) is 13.6 Å². The minimum absolute atomic E-state index is 0.903. The Labute approximate surface area is 103 Å². The number of aryl methyl sites for hydroxylation is 1. The molecule has 96 valence electrons. The molecular weight excluding hydrogens is 214 g/mol. The molecule has 1 aliphatic heterocycles. The van der Waals surface area contributed by atoms with Gasteiger partial charge in [0.2, 0.25) is 0 Å². The second-order valence-corrected chi connectivity index (χ2v) is 5.00. The average molecular weight is 237 g/mol. The highest BCUT2D eigenvalue weighted by atomic mass is 15.4. The highest BCUT2D eigenvalue weighted by molar-refractivity contribution is 4.92. The fourth-order valence-corrected chi connectivity index (χ4v) is 2.48. The molecule has 1 aromatic heterocycles. The van der Waals surface area contributed by atoms with Crippen LogP contribution in [-0.4, -0.2) is 46.6 Å². The van der Waals surface area contributed by atoms with Crippen molar-refractivity contribution in [2.24, 2.45) is 13.0 Å². The van der Waals surface area contributed by atoms with E-state index in [9.17, 15) is 0 Å². The Balaban J connectivity index is 1.72. The van der Waals surface area contributed by atoms with E-state index in [1.165, 1.54) is 32.4 Å². The normalized spacial score (nSPS) is 18.7. The first kappa shape index (κ1) is 12.5. The van der Waals surface area contributed by atoms with Crippen LogP contribution in [0.25, 0.3) is 0 Å². The quantitative estimate of drug-likeness (QED) is 0.816. The molecule has 0 atom stereocenters. The predicted molar refractivity (Wildman–Crippen MR) is 67.5 cm³/mol. The van der Waals surface area contributed by atoms with E-state index >= 15 is 0 Å². The number of aromatic nitrogens is 3. The summed E-state index contributed by atoms with van der Waals surface area (Å²) in [5.74, 6) is 0.903. The minimum Gasteiger partial charge on any atom is -0.320 e. The topological polar surface area (TPSA) is 46.0 Å². The van der Waals surface area contributed by atoms with Gasteiger partial charge >= 0.3 is 0 Å². The van der Waals surface area contributed by atoms with Crippen molar-refractivity contribution >= 4 is 0 Å². The fraction of sp³-hybridized carbons (Fsp3) is 0.833. The number of likely N-dealkylation sites (tertiary alicyclic amines) is 1. The Bertz CT molecular complexity index is 327. The molecule has 0 bridgehead atoms. The van der Waals surface area contributed by atoms with Gasteiger partial charge in [0.1, 0.15) is 0 Å². The zero-order chi connectivity index (χ0) is 12.1. The van der Waals surface area contributed by atoms with E-state index in [0.29, 0.717) is 0 Å². The van der Waals surface area contributed by atoms with Crippen LogP contribution in [0, 0.1) is 5.92 Å². The summed E-state index contributed by atoms with van der Waals surface area (Å²) in [6, 6.07) is 0. The Morgan fingerprint density at radius 2 is 2.18 bits per heavy atom. The van der Waals surface area contributed by atoms with Crippen LogP contribution in [0.2, 0.25) is 0 Å². The lowest BCUT2D eigenvalue weighted by Crippen LogP contribution is -2.34. The van der Waals surface area contributed by atoms with Crippen molar-refractivity contribution in [1.29, 1.82) is 0 Å². The average Bonchev–Trinajstić information content (AvgIpc) is 2.74. The number of piperidine rings is 1. The van der Waals surface area contributed by atoms with Crippen LogP contribution in [0.1, 0.15) is 25.0 Å². The van der Waals surface area contributed by atoms with E-state index in [1.54, 1.807) is 4.68 Å². The third-order valence-corrected chi connectivity index (χ3v) is 3.55. The van der Waals surface area contributed by atoms with Gasteiger partial charge in [0.15, 0.2) is 0 Å². The lowest BCUT2D eigenvalue weighted by atomic mass is 9.93. The second-order valence-electron chi connectivity index (χ2n) is 5.00. The highest BCUT2D eigenvalue weighted by Crippen LogP contribution is 2.20. The minimum atomic E-state index is 0.903. The maximum absolute atomic E-state index is 4.14. The van der Waals surface area contributed by atoms with E-state index in [2.05, 4.69) is 20.5 Å². The molecule has 0 unspecified atom stereocenters. The van der Waals surface area contributed by atoms with Gasteiger partial charge in [0.05, 0.1) is 5.69 Å². The number of nitrogens with one attached hydrogen (secondary N) is 1. The van der Waals surface area contributed by atoms with Crippen molar-refractivity contribution in [2.45, 2.75) is 25.8 Å². The second kappa shape index (κ2) is 6.12. The van der Waals surface area contributed by atoms with E-state index < -0.39 is 0 Å². The van der Waals surface area contributed by atoms with Gasteiger partial charge in [-0.1, -0.05) is 5.21 Å².